The molecule has 4 heteroatoms. The van der Waals surface area contributed by atoms with E-state index < -0.39 is 0 Å². The molecule has 25 heavy (non-hydrogen) atoms. The van der Waals surface area contributed by atoms with Crippen LogP contribution in [0.15, 0.2) is 24.3 Å². The molecule has 1 aliphatic carbocycles. The molecule has 136 valence electrons. The third-order valence-corrected chi connectivity index (χ3v) is 6.55. The minimum absolute atomic E-state index is 0.123. The fourth-order valence-electron chi connectivity index (χ4n) is 4.95. The number of piperidine rings is 1. The van der Waals surface area contributed by atoms with E-state index in [0.717, 1.165) is 58.5 Å². The van der Waals surface area contributed by atoms with Crippen LogP contribution in [0.5, 0.6) is 0 Å². The molecule has 2 fully saturated rings. The summed E-state index contributed by atoms with van der Waals surface area (Å²) in [5, 5.41) is 3.13. The van der Waals surface area contributed by atoms with Gasteiger partial charge in [-0.05, 0) is 67.4 Å². The highest BCUT2D eigenvalue weighted by atomic mass is 16.5. The van der Waals surface area contributed by atoms with Gasteiger partial charge in [0, 0.05) is 32.8 Å². The Morgan fingerprint density at radius 3 is 2.88 bits per heavy atom. The van der Waals surface area contributed by atoms with E-state index in [1.807, 2.05) is 4.90 Å². The molecule has 2 saturated heterocycles. The highest BCUT2D eigenvalue weighted by molar-refractivity contribution is 5.74. The Kier molecular flexibility index (Phi) is 4.98. The maximum absolute atomic E-state index is 12.5. The third kappa shape index (κ3) is 3.55. The molecule has 0 bridgehead atoms. The monoisotopic (exact) mass is 342 g/mol. The molecule has 0 saturated carbocycles. The number of amides is 2. The summed E-state index contributed by atoms with van der Waals surface area (Å²) >= 11 is 0. The zero-order chi connectivity index (χ0) is 17.1. The SMILES string of the molecule is O=C(NCC[C@@H]1CCCOC1)N1CCC2(CCc3ccccc32)CC1. The summed E-state index contributed by atoms with van der Waals surface area (Å²) in [6, 6.07) is 9.03. The minimum Gasteiger partial charge on any atom is -0.381 e. The number of hydrogen-bond donors (Lipinski definition) is 1. The molecular weight excluding hydrogens is 312 g/mol. The number of carbonyl (C=O) groups is 1. The Bertz CT molecular complexity index is 602. The van der Waals surface area contributed by atoms with Gasteiger partial charge in [-0.25, -0.2) is 4.79 Å². The van der Waals surface area contributed by atoms with Crippen LogP contribution in [-0.2, 0) is 16.6 Å². The molecule has 1 aromatic carbocycles. The van der Waals surface area contributed by atoms with E-state index in [-0.39, 0.29) is 6.03 Å². The van der Waals surface area contributed by atoms with Crippen LogP contribution in [0.3, 0.4) is 0 Å². The van der Waals surface area contributed by atoms with Gasteiger partial charge in [-0.2, -0.15) is 0 Å². The first-order chi connectivity index (χ1) is 12.3. The minimum atomic E-state index is 0.123. The number of ether oxygens (including phenoxy) is 1. The van der Waals surface area contributed by atoms with Crippen LogP contribution < -0.4 is 5.32 Å². The van der Waals surface area contributed by atoms with Gasteiger partial charge in [0.05, 0.1) is 0 Å². The van der Waals surface area contributed by atoms with Crippen LogP contribution in [0.2, 0.25) is 0 Å². The van der Waals surface area contributed by atoms with Crippen molar-refractivity contribution in [2.45, 2.75) is 50.4 Å². The van der Waals surface area contributed by atoms with Gasteiger partial charge < -0.3 is 15.0 Å². The zero-order valence-corrected chi connectivity index (χ0v) is 15.1. The molecule has 1 N–H and O–H groups in total. The topological polar surface area (TPSA) is 41.6 Å². The largest absolute Gasteiger partial charge is 0.381 e. The van der Waals surface area contributed by atoms with Gasteiger partial charge in [-0.15, -0.1) is 0 Å². The maximum Gasteiger partial charge on any atom is 0.317 e. The summed E-state index contributed by atoms with van der Waals surface area (Å²) in [5.41, 5.74) is 3.40. The molecule has 0 unspecified atom stereocenters. The number of hydrogen-bond acceptors (Lipinski definition) is 2. The first-order valence-electron chi connectivity index (χ1n) is 9.96. The molecule has 2 amide bonds. The molecular formula is C21H30N2O2. The van der Waals surface area contributed by atoms with Gasteiger partial charge in [0.2, 0.25) is 0 Å². The Morgan fingerprint density at radius 1 is 1.24 bits per heavy atom. The van der Waals surface area contributed by atoms with E-state index >= 15 is 0 Å². The van der Waals surface area contributed by atoms with Crippen molar-refractivity contribution in [3.63, 3.8) is 0 Å². The molecule has 3 aliphatic rings. The fraction of sp³-hybridized carbons (Fsp3) is 0.667. The summed E-state index contributed by atoms with van der Waals surface area (Å²) in [6.07, 6.45) is 8.10. The molecule has 1 aromatic rings. The predicted octanol–water partition coefficient (Wildman–Crippen LogP) is 3.49. The molecule has 1 spiro atoms. The number of benzene rings is 1. The lowest BCUT2D eigenvalue weighted by Gasteiger charge is -2.40. The number of nitrogens with one attached hydrogen (secondary N) is 1. The molecule has 0 aromatic heterocycles. The second kappa shape index (κ2) is 7.36. The Labute approximate surface area is 150 Å². The Balaban J connectivity index is 1.25. The number of urea groups is 1. The molecule has 4 nitrogen and oxygen atoms in total. The second-order valence-corrected chi connectivity index (χ2v) is 8.03. The van der Waals surface area contributed by atoms with E-state index in [1.54, 1.807) is 5.56 Å². The smallest absolute Gasteiger partial charge is 0.317 e. The molecule has 2 aliphatic heterocycles. The van der Waals surface area contributed by atoms with Crippen LogP contribution in [0, 0.1) is 5.92 Å². The summed E-state index contributed by atoms with van der Waals surface area (Å²) < 4.78 is 5.52. The summed E-state index contributed by atoms with van der Waals surface area (Å²) in [6.45, 7) is 4.31. The van der Waals surface area contributed by atoms with E-state index in [4.69, 9.17) is 4.74 Å². The Hall–Kier alpha value is -1.55. The van der Waals surface area contributed by atoms with E-state index in [1.165, 1.54) is 24.8 Å². The predicted molar refractivity (Wildman–Crippen MR) is 98.8 cm³/mol. The first-order valence-corrected chi connectivity index (χ1v) is 9.96. The van der Waals surface area contributed by atoms with Gasteiger partial charge in [0.1, 0.15) is 0 Å². The van der Waals surface area contributed by atoms with E-state index in [2.05, 4.69) is 29.6 Å². The highest BCUT2D eigenvalue weighted by Gasteiger charge is 2.41. The highest BCUT2D eigenvalue weighted by Crippen LogP contribution is 2.46. The quantitative estimate of drug-likeness (QED) is 0.913. The van der Waals surface area contributed by atoms with Crippen LogP contribution in [0.4, 0.5) is 4.79 Å². The number of nitrogens with zero attached hydrogens (tertiary/aromatic N) is 1. The number of carbonyl (C=O) groups excluding carboxylic acids is 1. The fourth-order valence-corrected chi connectivity index (χ4v) is 4.95. The molecule has 1 atom stereocenters. The van der Waals surface area contributed by atoms with Crippen molar-refractivity contribution in [2.75, 3.05) is 32.8 Å². The van der Waals surface area contributed by atoms with Crippen molar-refractivity contribution >= 4 is 6.03 Å². The van der Waals surface area contributed by atoms with Crippen molar-refractivity contribution < 1.29 is 9.53 Å². The van der Waals surface area contributed by atoms with E-state index in [0.29, 0.717) is 11.3 Å². The van der Waals surface area contributed by atoms with Gasteiger partial charge in [-0.3, -0.25) is 0 Å². The summed E-state index contributed by atoms with van der Waals surface area (Å²) in [5.74, 6) is 0.619. The lowest BCUT2D eigenvalue weighted by molar-refractivity contribution is 0.0517. The van der Waals surface area contributed by atoms with Crippen LogP contribution in [0.25, 0.3) is 0 Å². The van der Waals surface area contributed by atoms with Crippen molar-refractivity contribution in [1.29, 1.82) is 0 Å². The maximum atomic E-state index is 12.5. The van der Waals surface area contributed by atoms with Crippen LogP contribution in [-0.4, -0.2) is 43.8 Å². The Morgan fingerprint density at radius 2 is 2.08 bits per heavy atom. The number of rotatable bonds is 3. The number of fused-ring (bicyclic) bond motifs is 2. The van der Waals surface area contributed by atoms with Crippen molar-refractivity contribution in [3.05, 3.63) is 35.4 Å². The number of aryl methyl sites for hydroxylation is 1. The molecule has 4 rings (SSSR count). The van der Waals surface area contributed by atoms with Gasteiger partial charge >= 0.3 is 6.03 Å². The standard InChI is InChI=1S/C21H30N2O2/c24-20(22-12-8-17-4-3-15-25-16-17)23-13-10-21(11-14-23)9-7-18-5-1-2-6-19(18)21/h1-2,5-6,17H,3-4,7-16H2,(H,22,24)/t17-/m0/s1. The van der Waals surface area contributed by atoms with E-state index in [9.17, 15) is 4.79 Å². The lowest BCUT2D eigenvalue weighted by Crippen LogP contribution is -2.48. The third-order valence-electron chi connectivity index (χ3n) is 6.55. The van der Waals surface area contributed by atoms with Gasteiger partial charge in [-0.1, -0.05) is 24.3 Å². The van der Waals surface area contributed by atoms with Crippen LogP contribution in [0.1, 0.15) is 49.7 Å². The normalized spacial score (nSPS) is 25.0. The average Bonchev–Trinajstić information content (AvgIpc) is 3.02. The van der Waals surface area contributed by atoms with Crippen molar-refractivity contribution in [3.8, 4) is 0 Å². The van der Waals surface area contributed by atoms with Crippen molar-refractivity contribution in [1.82, 2.24) is 10.2 Å². The second-order valence-electron chi connectivity index (χ2n) is 8.03. The zero-order valence-electron chi connectivity index (χ0n) is 15.1. The van der Waals surface area contributed by atoms with Gasteiger partial charge in [0.15, 0.2) is 0 Å². The first kappa shape index (κ1) is 16.9. The van der Waals surface area contributed by atoms with Crippen molar-refractivity contribution in [2.24, 2.45) is 5.92 Å². The lowest BCUT2D eigenvalue weighted by atomic mass is 9.74. The molecule has 0 radical (unpaired) electrons. The summed E-state index contributed by atoms with van der Waals surface area (Å²) in [4.78, 5) is 14.5. The van der Waals surface area contributed by atoms with Gasteiger partial charge in [0.25, 0.3) is 0 Å². The number of likely N-dealkylation sites (tertiary alicyclic amines) is 1. The van der Waals surface area contributed by atoms with Crippen LogP contribution >= 0.6 is 0 Å². The summed E-state index contributed by atoms with van der Waals surface area (Å²) in [7, 11) is 0. The average molecular weight is 342 g/mol. The molecule has 2 heterocycles.